The van der Waals surface area contributed by atoms with Gasteiger partial charge >= 0.3 is 0 Å². The van der Waals surface area contributed by atoms with Crippen LogP contribution in [0.4, 0.5) is 0 Å². The fourth-order valence-electron chi connectivity index (χ4n) is 3.79. The number of nitrogens with two attached hydrogens (primary N) is 1. The molecule has 1 amide bonds. The van der Waals surface area contributed by atoms with Gasteiger partial charge < -0.3 is 10.6 Å². The highest BCUT2D eigenvalue weighted by molar-refractivity contribution is 5.85. The van der Waals surface area contributed by atoms with Crippen LogP contribution < -0.4 is 5.73 Å². The quantitative estimate of drug-likeness (QED) is 0.863. The number of carbonyl (C=O) groups excluding carboxylic acids is 1. The Morgan fingerprint density at radius 3 is 2.73 bits per heavy atom. The van der Waals surface area contributed by atoms with Crippen molar-refractivity contribution in [1.82, 2.24) is 4.90 Å². The van der Waals surface area contributed by atoms with E-state index in [2.05, 4.69) is 43.0 Å². The van der Waals surface area contributed by atoms with E-state index >= 15 is 0 Å². The number of hydrogen-bond acceptors (Lipinski definition) is 2. The van der Waals surface area contributed by atoms with E-state index in [1.807, 2.05) is 0 Å². The number of halogens is 1. The van der Waals surface area contributed by atoms with Crippen molar-refractivity contribution in [2.75, 3.05) is 13.1 Å². The summed E-state index contributed by atoms with van der Waals surface area (Å²) in [5, 5.41) is 0. The van der Waals surface area contributed by atoms with Crippen LogP contribution in [0.2, 0.25) is 0 Å². The number of benzene rings is 1. The largest absolute Gasteiger partial charge is 0.342 e. The zero-order valence-electron chi connectivity index (χ0n) is 13.5. The maximum absolute atomic E-state index is 13.0. The maximum atomic E-state index is 13.0. The molecule has 122 valence electrons. The monoisotopic (exact) mass is 322 g/mol. The van der Waals surface area contributed by atoms with E-state index in [0.717, 1.165) is 38.8 Å². The Morgan fingerprint density at radius 2 is 2.00 bits per heavy atom. The Kier molecular flexibility index (Phi) is 5.18. The van der Waals surface area contributed by atoms with Crippen LogP contribution in [0.25, 0.3) is 0 Å². The van der Waals surface area contributed by atoms with Crippen LogP contribution in [0, 0.1) is 5.41 Å². The van der Waals surface area contributed by atoms with Crippen LogP contribution in [-0.4, -0.2) is 29.9 Å². The standard InChI is InChI=1S/C18H26N2O.ClH/c1-18(2)12-20(11-10-16(18)19)17(21)15-9-5-7-13-6-3-4-8-14(13)15;/h3-4,6,8,15-16H,5,7,9-12,19H2,1-2H3;1H. The van der Waals surface area contributed by atoms with Crippen molar-refractivity contribution in [3.05, 3.63) is 35.4 Å². The molecule has 2 N–H and O–H groups in total. The van der Waals surface area contributed by atoms with Crippen molar-refractivity contribution in [1.29, 1.82) is 0 Å². The number of likely N-dealkylation sites (tertiary alicyclic amines) is 1. The molecule has 2 atom stereocenters. The highest BCUT2D eigenvalue weighted by Gasteiger charge is 2.38. The molecule has 1 aromatic carbocycles. The highest BCUT2D eigenvalue weighted by atomic mass is 35.5. The first-order valence-corrected chi connectivity index (χ1v) is 8.11. The Morgan fingerprint density at radius 1 is 1.27 bits per heavy atom. The van der Waals surface area contributed by atoms with Crippen LogP contribution in [0.1, 0.15) is 50.2 Å². The van der Waals surface area contributed by atoms with E-state index in [9.17, 15) is 4.79 Å². The fourth-order valence-corrected chi connectivity index (χ4v) is 3.79. The van der Waals surface area contributed by atoms with Gasteiger partial charge in [-0.05, 0) is 42.2 Å². The van der Waals surface area contributed by atoms with Crippen LogP contribution in [0.3, 0.4) is 0 Å². The fraction of sp³-hybridized carbons (Fsp3) is 0.611. The van der Waals surface area contributed by atoms with Crippen LogP contribution in [0.5, 0.6) is 0 Å². The average Bonchev–Trinajstić information content (AvgIpc) is 2.48. The predicted molar refractivity (Wildman–Crippen MR) is 92.3 cm³/mol. The molecule has 0 spiro atoms. The van der Waals surface area contributed by atoms with Gasteiger partial charge in [0.05, 0.1) is 5.92 Å². The molecule has 1 saturated heterocycles. The smallest absolute Gasteiger partial charge is 0.230 e. The number of piperidine rings is 1. The van der Waals surface area contributed by atoms with E-state index in [1.165, 1.54) is 11.1 Å². The molecule has 0 saturated carbocycles. The van der Waals surface area contributed by atoms with Gasteiger partial charge in [-0.2, -0.15) is 0 Å². The molecule has 1 aromatic rings. The molecule has 0 aromatic heterocycles. The summed E-state index contributed by atoms with van der Waals surface area (Å²) < 4.78 is 0. The van der Waals surface area contributed by atoms with Gasteiger partial charge in [0.1, 0.15) is 0 Å². The molecule has 2 aliphatic rings. The molecule has 0 radical (unpaired) electrons. The van der Waals surface area contributed by atoms with E-state index in [-0.39, 0.29) is 29.8 Å². The van der Waals surface area contributed by atoms with Crippen LogP contribution in [-0.2, 0) is 11.2 Å². The van der Waals surface area contributed by atoms with Crippen molar-refractivity contribution in [3.63, 3.8) is 0 Å². The first-order chi connectivity index (χ1) is 9.99. The summed E-state index contributed by atoms with van der Waals surface area (Å²) >= 11 is 0. The van der Waals surface area contributed by atoms with E-state index in [1.54, 1.807) is 0 Å². The summed E-state index contributed by atoms with van der Waals surface area (Å²) in [7, 11) is 0. The molecule has 22 heavy (non-hydrogen) atoms. The molecular formula is C18H27ClN2O. The van der Waals surface area contributed by atoms with E-state index in [4.69, 9.17) is 5.73 Å². The van der Waals surface area contributed by atoms with E-state index in [0.29, 0.717) is 5.91 Å². The normalized spacial score (nSPS) is 26.8. The third kappa shape index (κ3) is 3.16. The summed E-state index contributed by atoms with van der Waals surface area (Å²) in [5.74, 6) is 0.363. The molecule has 3 nitrogen and oxygen atoms in total. The molecule has 2 unspecified atom stereocenters. The lowest BCUT2D eigenvalue weighted by Crippen LogP contribution is -2.54. The van der Waals surface area contributed by atoms with Gasteiger partial charge in [0.15, 0.2) is 0 Å². The average molecular weight is 323 g/mol. The second-order valence-electron chi connectivity index (χ2n) is 7.29. The topological polar surface area (TPSA) is 46.3 Å². The third-order valence-electron chi connectivity index (χ3n) is 5.29. The van der Waals surface area contributed by atoms with Gasteiger partial charge in [-0.15, -0.1) is 12.4 Å². The SMILES string of the molecule is CC1(C)CN(C(=O)C2CCCc3ccccc32)CCC1N.Cl. The summed E-state index contributed by atoms with van der Waals surface area (Å²) in [6.07, 6.45) is 4.12. The maximum Gasteiger partial charge on any atom is 0.230 e. The molecule has 4 heteroatoms. The minimum absolute atomic E-state index is 0. The number of carbonyl (C=O) groups is 1. The third-order valence-corrected chi connectivity index (χ3v) is 5.29. The summed E-state index contributed by atoms with van der Waals surface area (Å²) in [6.45, 7) is 5.94. The number of amides is 1. The van der Waals surface area contributed by atoms with Gasteiger partial charge in [-0.3, -0.25) is 4.79 Å². The van der Waals surface area contributed by atoms with Gasteiger partial charge in [0, 0.05) is 19.1 Å². The highest BCUT2D eigenvalue weighted by Crippen LogP contribution is 2.35. The predicted octanol–water partition coefficient (Wildman–Crippen LogP) is 3.11. The Bertz CT molecular complexity index is 544. The first-order valence-electron chi connectivity index (χ1n) is 8.11. The summed E-state index contributed by atoms with van der Waals surface area (Å²) in [6, 6.07) is 8.64. The minimum Gasteiger partial charge on any atom is -0.342 e. The number of rotatable bonds is 1. The second kappa shape index (κ2) is 6.59. The molecule has 1 fully saturated rings. The Balaban J connectivity index is 0.00000176. The molecule has 1 aliphatic carbocycles. The van der Waals surface area contributed by atoms with Crippen molar-refractivity contribution in [2.24, 2.45) is 11.1 Å². The summed E-state index contributed by atoms with van der Waals surface area (Å²) in [5.41, 5.74) is 8.82. The van der Waals surface area contributed by atoms with Gasteiger partial charge in [0.2, 0.25) is 5.91 Å². The van der Waals surface area contributed by atoms with Crippen LogP contribution in [0.15, 0.2) is 24.3 Å². The molecule has 0 bridgehead atoms. The lowest BCUT2D eigenvalue weighted by Gasteiger charge is -2.44. The number of fused-ring (bicyclic) bond motifs is 1. The van der Waals surface area contributed by atoms with Gasteiger partial charge in [-0.1, -0.05) is 38.1 Å². The van der Waals surface area contributed by atoms with Gasteiger partial charge in [0.25, 0.3) is 0 Å². The molecular weight excluding hydrogens is 296 g/mol. The number of nitrogens with zero attached hydrogens (tertiary/aromatic N) is 1. The van der Waals surface area contributed by atoms with Crippen LogP contribution >= 0.6 is 12.4 Å². The van der Waals surface area contributed by atoms with Crippen molar-refractivity contribution >= 4 is 18.3 Å². The Hall–Kier alpha value is -1.06. The number of hydrogen-bond donors (Lipinski definition) is 1. The second-order valence-corrected chi connectivity index (χ2v) is 7.29. The Labute approximate surface area is 139 Å². The lowest BCUT2D eigenvalue weighted by atomic mass is 9.78. The van der Waals surface area contributed by atoms with Gasteiger partial charge in [-0.25, -0.2) is 0 Å². The van der Waals surface area contributed by atoms with Crippen molar-refractivity contribution < 1.29 is 4.79 Å². The molecule has 3 rings (SSSR count). The zero-order valence-corrected chi connectivity index (χ0v) is 14.4. The lowest BCUT2D eigenvalue weighted by molar-refractivity contribution is -0.136. The number of aryl methyl sites for hydroxylation is 1. The molecule has 1 heterocycles. The zero-order chi connectivity index (χ0) is 15.0. The van der Waals surface area contributed by atoms with Crippen molar-refractivity contribution in [3.8, 4) is 0 Å². The first kappa shape index (κ1) is 17.3. The van der Waals surface area contributed by atoms with E-state index < -0.39 is 0 Å². The van der Waals surface area contributed by atoms with Crippen molar-refractivity contribution in [2.45, 2.75) is 51.5 Å². The summed E-state index contributed by atoms with van der Waals surface area (Å²) in [4.78, 5) is 15.0. The minimum atomic E-state index is 0. The molecule has 1 aliphatic heterocycles.